The number of ketones is 1. The maximum atomic E-state index is 11.3. The third-order valence-corrected chi connectivity index (χ3v) is 4.83. The van der Waals surface area contributed by atoms with Crippen molar-refractivity contribution in [3.8, 4) is 0 Å². The quantitative estimate of drug-likeness (QED) is 0.793. The Morgan fingerprint density at radius 3 is 2.65 bits per heavy atom. The van der Waals surface area contributed by atoms with Crippen LogP contribution < -0.4 is 5.32 Å². The summed E-state index contributed by atoms with van der Waals surface area (Å²) in [6.07, 6.45) is 0.759. The van der Waals surface area contributed by atoms with Gasteiger partial charge in [0.05, 0.1) is 4.34 Å². The molecule has 0 amide bonds. The molecule has 0 atom stereocenters. The minimum Gasteiger partial charge on any atom is -0.476 e. The van der Waals surface area contributed by atoms with Gasteiger partial charge in [-0.05, 0) is 18.6 Å². The second-order valence-electron chi connectivity index (χ2n) is 3.94. The van der Waals surface area contributed by atoms with Gasteiger partial charge in [-0.25, -0.2) is 9.78 Å². The molecule has 0 aliphatic heterocycles. The summed E-state index contributed by atoms with van der Waals surface area (Å²) in [6.45, 7) is 1.93. The Morgan fingerprint density at radius 1 is 1.40 bits per heavy atom. The third kappa shape index (κ3) is 3.56. The van der Waals surface area contributed by atoms with E-state index in [2.05, 4.69) is 10.3 Å². The van der Waals surface area contributed by atoms with E-state index in [0.717, 1.165) is 27.0 Å². The standard InChI is InChI=1S/C12H11ClN2O3S2/c1-6(16)10-9(11(17)18)15-12(20-10)14-5-4-7-2-3-8(13)19-7/h2-3H,4-5H2,1H3,(H,14,15)(H,17,18). The van der Waals surface area contributed by atoms with Crippen LogP contribution in [0.15, 0.2) is 12.1 Å². The number of hydrogen-bond acceptors (Lipinski definition) is 6. The third-order valence-electron chi connectivity index (χ3n) is 2.43. The molecule has 2 N–H and O–H groups in total. The van der Waals surface area contributed by atoms with Gasteiger partial charge in [0.15, 0.2) is 16.6 Å². The van der Waals surface area contributed by atoms with Gasteiger partial charge in [0.2, 0.25) is 0 Å². The van der Waals surface area contributed by atoms with Crippen molar-refractivity contribution in [1.29, 1.82) is 0 Å². The van der Waals surface area contributed by atoms with Crippen LogP contribution >= 0.6 is 34.3 Å². The molecule has 0 aliphatic rings. The number of hydrogen-bond donors (Lipinski definition) is 2. The van der Waals surface area contributed by atoms with Crippen molar-refractivity contribution in [3.05, 3.63) is 31.9 Å². The highest BCUT2D eigenvalue weighted by molar-refractivity contribution is 7.17. The summed E-state index contributed by atoms with van der Waals surface area (Å²) >= 11 is 8.40. The fourth-order valence-corrected chi connectivity index (χ4v) is 3.52. The maximum absolute atomic E-state index is 11.3. The number of rotatable bonds is 6. The zero-order chi connectivity index (χ0) is 14.7. The highest BCUT2D eigenvalue weighted by Gasteiger charge is 2.20. The molecular weight excluding hydrogens is 320 g/mol. The molecule has 0 unspecified atom stereocenters. The largest absolute Gasteiger partial charge is 0.476 e. The van der Waals surface area contributed by atoms with Gasteiger partial charge >= 0.3 is 5.97 Å². The molecule has 20 heavy (non-hydrogen) atoms. The Kier molecular flexibility index (Phi) is 4.74. The van der Waals surface area contributed by atoms with E-state index in [1.54, 1.807) is 0 Å². The van der Waals surface area contributed by atoms with Gasteiger partial charge in [0.25, 0.3) is 0 Å². The topological polar surface area (TPSA) is 79.3 Å². The van der Waals surface area contributed by atoms with Crippen LogP contribution in [0.25, 0.3) is 0 Å². The van der Waals surface area contributed by atoms with Crippen molar-refractivity contribution < 1.29 is 14.7 Å². The molecule has 8 heteroatoms. The van der Waals surface area contributed by atoms with Crippen LogP contribution in [0.4, 0.5) is 5.13 Å². The number of thiophene rings is 1. The highest BCUT2D eigenvalue weighted by Crippen LogP contribution is 2.25. The van der Waals surface area contributed by atoms with Crippen molar-refractivity contribution in [2.75, 3.05) is 11.9 Å². The SMILES string of the molecule is CC(=O)c1sc(NCCc2ccc(Cl)s2)nc1C(=O)O. The molecule has 0 fully saturated rings. The number of nitrogens with zero attached hydrogens (tertiary/aromatic N) is 1. The predicted octanol–water partition coefficient (Wildman–Crippen LogP) is 3.41. The lowest BCUT2D eigenvalue weighted by Crippen LogP contribution is -2.05. The summed E-state index contributed by atoms with van der Waals surface area (Å²) in [5, 5.41) is 12.5. The number of nitrogens with one attached hydrogen (secondary N) is 1. The summed E-state index contributed by atoms with van der Waals surface area (Å²) < 4.78 is 0.737. The Balaban J connectivity index is 2.01. The fourth-order valence-electron chi connectivity index (χ4n) is 1.56. The Hall–Kier alpha value is -1.44. The van der Waals surface area contributed by atoms with E-state index >= 15 is 0 Å². The number of halogens is 1. The summed E-state index contributed by atoms with van der Waals surface area (Å²) in [5.41, 5.74) is -0.191. The van der Waals surface area contributed by atoms with Crippen LogP contribution in [-0.2, 0) is 6.42 Å². The van der Waals surface area contributed by atoms with Crippen molar-refractivity contribution in [2.45, 2.75) is 13.3 Å². The summed E-state index contributed by atoms with van der Waals surface area (Å²) in [5.74, 6) is -1.48. The minimum atomic E-state index is -1.19. The first-order valence-electron chi connectivity index (χ1n) is 5.70. The number of aromatic nitrogens is 1. The molecule has 0 radical (unpaired) electrons. The average molecular weight is 331 g/mol. The van der Waals surface area contributed by atoms with Gasteiger partial charge in [-0.15, -0.1) is 11.3 Å². The number of carboxylic acids is 1. The van der Waals surface area contributed by atoms with Gasteiger partial charge in [-0.1, -0.05) is 22.9 Å². The molecule has 0 spiro atoms. The van der Waals surface area contributed by atoms with E-state index in [4.69, 9.17) is 16.7 Å². The first-order chi connectivity index (χ1) is 9.47. The Labute approximate surface area is 128 Å². The molecule has 0 saturated carbocycles. The van der Waals surface area contributed by atoms with E-state index in [1.165, 1.54) is 18.3 Å². The first-order valence-corrected chi connectivity index (χ1v) is 7.71. The van der Waals surface area contributed by atoms with E-state index in [9.17, 15) is 9.59 Å². The van der Waals surface area contributed by atoms with E-state index in [-0.39, 0.29) is 16.4 Å². The van der Waals surface area contributed by atoms with Crippen molar-refractivity contribution in [1.82, 2.24) is 4.98 Å². The van der Waals surface area contributed by atoms with Gasteiger partial charge in [0.1, 0.15) is 4.88 Å². The number of thiazole rings is 1. The number of Topliss-reactive ketones (excluding diaryl/α,β-unsaturated/α-hetero) is 1. The monoisotopic (exact) mass is 330 g/mol. The summed E-state index contributed by atoms with van der Waals surface area (Å²) in [6, 6.07) is 3.78. The van der Waals surface area contributed by atoms with E-state index < -0.39 is 5.97 Å². The molecule has 2 aromatic heterocycles. The van der Waals surface area contributed by atoms with Crippen molar-refractivity contribution >= 4 is 51.2 Å². The molecule has 0 aromatic carbocycles. The lowest BCUT2D eigenvalue weighted by molar-refractivity contribution is 0.0687. The number of carbonyl (C=O) groups is 2. The van der Waals surface area contributed by atoms with Crippen LogP contribution in [0.5, 0.6) is 0 Å². The second-order valence-corrected chi connectivity index (χ2v) is 6.74. The van der Waals surface area contributed by atoms with Crippen molar-refractivity contribution in [3.63, 3.8) is 0 Å². The number of carbonyl (C=O) groups excluding carboxylic acids is 1. The van der Waals surface area contributed by atoms with Gasteiger partial charge in [-0.3, -0.25) is 4.79 Å². The molecule has 2 rings (SSSR count). The average Bonchev–Trinajstić information content (AvgIpc) is 2.96. The number of aromatic carboxylic acids is 1. The lowest BCUT2D eigenvalue weighted by atomic mass is 10.3. The van der Waals surface area contributed by atoms with E-state index in [1.807, 2.05) is 12.1 Å². The van der Waals surface area contributed by atoms with Crippen LogP contribution in [0, 0.1) is 0 Å². The summed E-state index contributed by atoms with van der Waals surface area (Å²) in [4.78, 5) is 27.6. The minimum absolute atomic E-state index is 0.166. The highest BCUT2D eigenvalue weighted by atomic mass is 35.5. The molecule has 0 saturated heterocycles. The summed E-state index contributed by atoms with van der Waals surface area (Å²) in [7, 11) is 0. The van der Waals surface area contributed by atoms with Crippen molar-refractivity contribution in [2.24, 2.45) is 0 Å². The molecule has 2 aromatic rings. The van der Waals surface area contributed by atoms with Crippen LogP contribution in [0.2, 0.25) is 4.34 Å². The maximum Gasteiger partial charge on any atom is 0.356 e. The molecule has 2 heterocycles. The van der Waals surface area contributed by atoms with Gasteiger partial charge in [-0.2, -0.15) is 0 Å². The second kappa shape index (κ2) is 6.34. The zero-order valence-electron chi connectivity index (χ0n) is 10.5. The lowest BCUT2D eigenvalue weighted by Gasteiger charge is -1.99. The molecule has 0 aliphatic carbocycles. The normalized spacial score (nSPS) is 10.5. The number of carboxylic acid groups (broad SMARTS) is 1. The Bertz CT molecular complexity index is 619. The van der Waals surface area contributed by atoms with Crippen LogP contribution in [-0.4, -0.2) is 28.4 Å². The smallest absolute Gasteiger partial charge is 0.356 e. The molecular formula is C12H11ClN2O3S2. The number of anilines is 1. The Morgan fingerprint density at radius 2 is 2.15 bits per heavy atom. The fraction of sp³-hybridized carbons (Fsp3) is 0.250. The molecule has 106 valence electrons. The van der Waals surface area contributed by atoms with Crippen LogP contribution in [0.3, 0.4) is 0 Å². The molecule has 5 nitrogen and oxygen atoms in total. The van der Waals surface area contributed by atoms with Gasteiger partial charge < -0.3 is 10.4 Å². The first kappa shape index (κ1) is 15.0. The zero-order valence-corrected chi connectivity index (χ0v) is 12.9. The van der Waals surface area contributed by atoms with Crippen LogP contribution in [0.1, 0.15) is 32.0 Å². The van der Waals surface area contributed by atoms with Gasteiger partial charge in [0, 0.05) is 18.3 Å². The predicted molar refractivity (Wildman–Crippen MR) is 80.6 cm³/mol. The van der Waals surface area contributed by atoms with E-state index in [0.29, 0.717) is 11.7 Å². The molecule has 0 bridgehead atoms.